The number of carbonyl (C=O) groups excluding carboxylic acids is 1. The first kappa shape index (κ1) is 24.6. The van der Waals surface area contributed by atoms with Crippen molar-refractivity contribution in [1.82, 2.24) is 18.8 Å². The zero-order chi connectivity index (χ0) is 24.2. The summed E-state index contributed by atoms with van der Waals surface area (Å²) < 4.78 is 74.6. The fraction of sp³-hybridized carbons (Fsp3) is 0.286. The Kier molecular flexibility index (Phi) is 7.36. The summed E-state index contributed by atoms with van der Waals surface area (Å²) in [5, 5.41) is 2.50. The van der Waals surface area contributed by atoms with E-state index < -0.39 is 39.6 Å². The summed E-state index contributed by atoms with van der Waals surface area (Å²) >= 11 is 0.879. The molecule has 1 amide bonds. The van der Waals surface area contributed by atoms with Crippen molar-refractivity contribution in [1.29, 1.82) is 0 Å². The van der Waals surface area contributed by atoms with Crippen molar-refractivity contribution in [3.63, 3.8) is 0 Å². The molecule has 3 rings (SSSR count). The normalized spacial score (nSPS) is 12.9. The van der Waals surface area contributed by atoms with Gasteiger partial charge in [0, 0.05) is 5.56 Å². The molecule has 33 heavy (non-hydrogen) atoms. The van der Waals surface area contributed by atoms with Crippen molar-refractivity contribution >= 4 is 38.7 Å². The molecule has 0 saturated carbocycles. The summed E-state index contributed by atoms with van der Waals surface area (Å²) in [6.07, 6.45) is -4.48. The number of fused-ring (bicyclic) bond motifs is 1. The van der Waals surface area contributed by atoms with Crippen LogP contribution in [0, 0.1) is 17.8 Å². The number of hydrogen-bond acceptors (Lipinski definition) is 6. The molecule has 2 N–H and O–H groups in total. The minimum Gasteiger partial charge on any atom is -0.344 e. The van der Waals surface area contributed by atoms with Crippen LogP contribution in [-0.4, -0.2) is 35.7 Å². The third-order valence-corrected chi connectivity index (χ3v) is 6.56. The van der Waals surface area contributed by atoms with Gasteiger partial charge in [0.25, 0.3) is 0 Å². The SMILES string of the molecule is CC(C)C(NS(=O)(=O)c1cccc2nsnc12)C(=O)NCC#Cc1cccc(C(F)(F)F)c1. The highest BCUT2D eigenvalue weighted by Gasteiger charge is 2.31. The largest absolute Gasteiger partial charge is 0.416 e. The van der Waals surface area contributed by atoms with Gasteiger partial charge in [-0.2, -0.15) is 26.6 Å². The van der Waals surface area contributed by atoms with Crippen LogP contribution in [0.1, 0.15) is 25.0 Å². The highest BCUT2D eigenvalue weighted by atomic mass is 32.2. The molecule has 7 nitrogen and oxygen atoms in total. The van der Waals surface area contributed by atoms with Gasteiger partial charge in [-0.3, -0.25) is 4.79 Å². The van der Waals surface area contributed by atoms with Crippen LogP contribution in [0.5, 0.6) is 0 Å². The van der Waals surface area contributed by atoms with Crippen molar-refractivity contribution in [2.45, 2.75) is 31.0 Å². The second-order valence-electron chi connectivity index (χ2n) is 7.33. The maximum absolute atomic E-state index is 12.9. The van der Waals surface area contributed by atoms with Crippen LogP contribution in [0.4, 0.5) is 13.2 Å². The first-order chi connectivity index (χ1) is 15.5. The number of carbonyl (C=O) groups is 1. The summed E-state index contributed by atoms with van der Waals surface area (Å²) in [5.74, 6) is 4.12. The predicted octanol–water partition coefficient (Wildman–Crippen LogP) is 3.18. The lowest BCUT2D eigenvalue weighted by molar-refractivity contribution is -0.137. The zero-order valence-corrected chi connectivity index (χ0v) is 19.1. The number of amides is 1. The van der Waals surface area contributed by atoms with Gasteiger partial charge >= 0.3 is 6.18 Å². The van der Waals surface area contributed by atoms with E-state index in [2.05, 4.69) is 30.6 Å². The molecule has 0 radical (unpaired) electrons. The fourth-order valence-electron chi connectivity index (χ4n) is 2.88. The van der Waals surface area contributed by atoms with Gasteiger partial charge in [0.05, 0.1) is 23.8 Å². The molecular weight excluding hydrogens is 477 g/mol. The van der Waals surface area contributed by atoms with Crippen LogP contribution in [-0.2, 0) is 21.0 Å². The second kappa shape index (κ2) is 9.86. The molecule has 0 fully saturated rings. The average Bonchev–Trinajstić information content (AvgIpc) is 3.23. The van der Waals surface area contributed by atoms with E-state index >= 15 is 0 Å². The average molecular weight is 497 g/mol. The minimum atomic E-state index is -4.48. The molecule has 0 aliphatic rings. The highest BCUT2D eigenvalue weighted by Crippen LogP contribution is 2.29. The number of aromatic nitrogens is 2. The monoisotopic (exact) mass is 496 g/mol. The van der Waals surface area contributed by atoms with Gasteiger partial charge in [-0.05, 0) is 36.2 Å². The van der Waals surface area contributed by atoms with Gasteiger partial charge in [0.15, 0.2) is 0 Å². The van der Waals surface area contributed by atoms with Gasteiger partial charge in [0.1, 0.15) is 22.0 Å². The standard InChI is InChI=1S/C21H19F3N4O3S2/c1-13(2)18(28-33(30,31)17-10-4-9-16-19(17)27-32-26-16)20(29)25-11-5-7-14-6-3-8-15(12-14)21(22,23)24/h3-4,6,8-10,12-13,18,28H,11H2,1-2H3,(H,25,29). The molecule has 0 bridgehead atoms. The Balaban J connectivity index is 1.69. The Labute approximate surface area is 192 Å². The van der Waals surface area contributed by atoms with Crippen molar-refractivity contribution < 1.29 is 26.4 Å². The number of benzene rings is 2. The van der Waals surface area contributed by atoms with E-state index in [9.17, 15) is 26.4 Å². The van der Waals surface area contributed by atoms with Gasteiger partial charge in [0.2, 0.25) is 15.9 Å². The Hall–Kier alpha value is -3.01. The van der Waals surface area contributed by atoms with Gasteiger partial charge < -0.3 is 5.32 Å². The predicted molar refractivity (Wildman–Crippen MR) is 118 cm³/mol. The lowest BCUT2D eigenvalue weighted by Gasteiger charge is -2.21. The van der Waals surface area contributed by atoms with E-state index in [1.54, 1.807) is 19.9 Å². The van der Waals surface area contributed by atoms with E-state index in [4.69, 9.17) is 0 Å². The van der Waals surface area contributed by atoms with E-state index in [0.29, 0.717) is 5.52 Å². The summed E-state index contributed by atoms with van der Waals surface area (Å²) in [7, 11) is -4.09. The number of rotatable bonds is 6. The lowest BCUT2D eigenvalue weighted by Crippen LogP contribution is -2.49. The second-order valence-corrected chi connectivity index (χ2v) is 9.54. The summed E-state index contributed by atoms with van der Waals surface area (Å²) in [6.45, 7) is 3.17. The molecule has 0 saturated heterocycles. The summed E-state index contributed by atoms with van der Waals surface area (Å²) in [4.78, 5) is 12.5. The molecule has 12 heteroatoms. The van der Waals surface area contributed by atoms with Crippen LogP contribution in [0.2, 0.25) is 0 Å². The number of nitrogens with one attached hydrogen (secondary N) is 2. The number of alkyl halides is 3. The van der Waals surface area contributed by atoms with Crippen molar-refractivity contribution in [3.8, 4) is 11.8 Å². The Morgan fingerprint density at radius 2 is 1.88 bits per heavy atom. The Morgan fingerprint density at radius 1 is 1.15 bits per heavy atom. The van der Waals surface area contributed by atoms with Gasteiger partial charge in [-0.25, -0.2) is 8.42 Å². The molecule has 3 aromatic rings. The molecule has 1 unspecified atom stereocenters. The van der Waals surface area contributed by atoms with Crippen LogP contribution in [0.3, 0.4) is 0 Å². The smallest absolute Gasteiger partial charge is 0.344 e. The fourth-order valence-corrected chi connectivity index (χ4v) is 4.99. The molecule has 0 spiro atoms. The van der Waals surface area contributed by atoms with Crippen molar-refractivity contribution in [2.24, 2.45) is 5.92 Å². The van der Waals surface area contributed by atoms with Crippen LogP contribution >= 0.6 is 11.7 Å². The van der Waals surface area contributed by atoms with Crippen LogP contribution in [0.25, 0.3) is 11.0 Å². The molecule has 1 aromatic heterocycles. The molecule has 0 aliphatic heterocycles. The first-order valence-corrected chi connectivity index (χ1v) is 11.9. The molecule has 1 heterocycles. The first-order valence-electron chi connectivity index (χ1n) is 9.66. The van der Waals surface area contributed by atoms with E-state index in [1.807, 2.05) is 0 Å². The van der Waals surface area contributed by atoms with Gasteiger partial charge in [-0.1, -0.05) is 37.8 Å². The van der Waals surface area contributed by atoms with Crippen molar-refractivity contribution in [2.75, 3.05) is 6.54 Å². The number of nitrogens with zero attached hydrogens (tertiary/aromatic N) is 2. The zero-order valence-electron chi connectivity index (χ0n) is 17.5. The van der Waals surface area contributed by atoms with E-state index in [1.165, 1.54) is 24.3 Å². The maximum Gasteiger partial charge on any atom is 0.416 e. The minimum absolute atomic E-state index is 0.0865. The lowest BCUT2D eigenvalue weighted by atomic mass is 10.1. The quantitative estimate of drug-likeness (QED) is 0.511. The highest BCUT2D eigenvalue weighted by molar-refractivity contribution is 7.89. The third kappa shape index (κ3) is 6.07. The topological polar surface area (TPSA) is 101 Å². The van der Waals surface area contributed by atoms with E-state index in [-0.39, 0.29) is 22.5 Å². The number of sulfonamides is 1. The Morgan fingerprint density at radius 3 is 2.58 bits per heavy atom. The van der Waals surface area contributed by atoms with E-state index in [0.717, 1.165) is 23.9 Å². The number of hydrogen-bond donors (Lipinski definition) is 2. The van der Waals surface area contributed by atoms with Crippen LogP contribution in [0.15, 0.2) is 47.4 Å². The Bertz CT molecular complexity index is 1330. The summed E-state index contributed by atoms with van der Waals surface area (Å²) in [6, 6.07) is 7.95. The molecule has 2 aromatic carbocycles. The molecular formula is C21H19F3N4O3S2. The third-order valence-electron chi connectivity index (χ3n) is 4.54. The summed E-state index contributed by atoms with van der Waals surface area (Å²) in [5.41, 5.74) is -0.0359. The molecule has 174 valence electrons. The molecule has 1 atom stereocenters. The van der Waals surface area contributed by atoms with Crippen LogP contribution < -0.4 is 10.0 Å². The van der Waals surface area contributed by atoms with Crippen molar-refractivity contribution in [3.05, 3.63) is 53.6 Å². The maximum atomic E-state index is 12.9. The van der Waals surface area contributed by atoms with Gasteiger partial charge in [-0.15, -0.1) is 0 Å². The molecule has 0 aliphatic carbocycles. The number of halogens is 3.